The third kappa shape index (κ3) is 2.01. The van der Waals surface area contributed by atoms with E-state index >= 15 is 0 Å². The summed E-state index contributed by atoms with van der Waals surface area (Å²) in [6.45, 7) is 0. The van der Waals surface area contributed by atoms with Gasteiger partial charge < -0.3 is 0 Å². The molecule has 2 aromatic rings. The first-order valence-corrected chi connectivity index (χ1v) is 6.08. The molecule has 2 amide bonds. The minimum Gasteiger partial charge on any atom is -0.288 e. The fourth-order valence-corrected chi connectivity index (χ4v) is 2.17. The zero-order valence-electron chi connectivity index (χ0n) is 10.4. The summed E-state index contributed by atoms with van der Waals surface area (Å²) in [5.74, 6) is -1.37. The maximum Gasteiger partial charge on any atom is 0.258 e. The van der Waals surface area contributed by atoms with Crippen LogP contribution in [0.25, 0.3) is 11.6 Å². The summed E-state index contributed by atoms with van der Waals surface area (Å²) >= 11 is 0. The van der Waals surface area contributed by atoms with Crippen LogP contribution in [0.1, 0.15) is 21.5 Å². The molecule has 0 atom stereocenters. The second-order valence-corrected chi connectivity index (χ2v) is 4.41. The summed E-state index contributed by atoms with van der Waals surface area (Å²) in [5, 5.41) is 2.26. The zero-order valence-corrected chi connectivity index (χ0v) is 10.4. The normalized spacial score (nSPS) is 15.9. The predicted molar refractivity (Wildman–Crippen MR) is 73.2 cm³/mol. The number of hydrogen-bond donors (Lipinski definition) is 1. The maximum atomic E-state index is 13.7. The van der Waals surface area contributed by atoms with Gasteiger partial charge in [0, 0.05) is 16.7 Å². The molecule has 1 N–H and O–H groups in total. The molecular weight excluding hydrogens is 257 g/mol. The van der Waals surface area contributed by atoms with E-state index in [0.717, 1.165) is 0 Å². The Morgan fingerprint density at radius 3 is 2.25 bits per heavy atom. The maximum absolute atomic E-state index is 13.7. The monoisotopic (exact) mass is 267 g/mol. The van der Waals surface area contributed by atoms with Crippen molar-refractivity contribution in [3.05, 3.63) is 71.0 Å². The standard InChI is InChI=1S/C16H10FNO2/c17-14-8-4-1-5-10(14)9-13-11-6-2-3-7-12(11)15(19)18-16(13)20/h1-9H,(H,18,19,20)/b13-9+. The fraction of sp³-hybridized carbons (Fsp3) is 0. The van der Waals surface area contributed by atoms with Crippen LogP contribution in [0.4, 0.5) is 4.39 Å². The van der Waals surface area contributed by atoms with Gasteiger partial charge >= 0.3 is 0 Å². The molecule has 0 unspecified atom stereocenters. The largest absolute Gasteiger partial charge is 0.288 e. The van der Waals surface area contributed by atoms with Gasteiger partial charge in [-0.2, -0.15) is 0 Å². The van der Waals surface area contributed by atoms with Crippen molar-refractivity contribution in [1.82, 2.24) is 5.32 Å². The Hall–Kier alpha value is -2.75. The van der Waals surface area contributed by atoms with E-state index in [2.05, 4.69) is 5.32 Å². The van der Waals surface area contributed by atoms with Crippen molar-refractivity contribution in [2.45, 2.75) is 0 Å². The molecule has 0 saturated carbocycles. The molecule has 0 aliphatic carbocycles. The van der Waals surface area contributed by atoms with Gasteiger partial charge in [-0.25, -0.2) is 4.39 Å². The first-order chi connectivity index (χ1) is 9.66. The van der Waals surface area contributed by atoms with Crippen molar-refractivity contribution >= 4 is 23.5 Å². The van der Waals surface area contributed by atoms with Crippen molar-refractivity contribution < 1.29 is 14.0 Å². The molecule has 98 valence electrons. The average molecular weight is 267 g/mol. The van der Waals surface area contributed by atoms with Gasteiger partial charge in [-0.05, 0) is 23.8 Å². The van der Waals surface area contributed by atoms with E-state index in [1.165, 1.54) is 12.1 Å². The Bertz CT molecular complexity index is 750. The summed E-state index contributed by atoms with van der Waals surface area (Å²) in [6.07, 6.45) is 1.45. The molecule has 0 spiro atoms. The van der Waals surface area contributed by atoms with Crippen LogP contribution in [0.3, 0.4) is 0 Å². The molecule has 3 rings (SSSR count). The average Bonchev–Trinajstić information content (AvgIpc) is 2.45. The summed E-state index contributed by atoms with van der Waals surface area (Å²) in [4.78, 5) is 23.7. The number of nitrogens with one attached hydrogen (secondary N) is 1. The second kappa shape index (κ2) is 4.74. The Balaban J connectivity index is 2.19. The Morgan fingerprint density at radius 1 is 0.850 bits per heavy atom. The Labute approximate surface area is 114 Å². The number of rotatable bonds is 1. The highest BCUT2D eigenvalue weighted by atomic mass is 19.1. The number of carbonyl (C=O) groups is 2. The summed E-state index contributed by atoms with van der Waals surface area (Å²) in [6, 6.07) is 12.9. The lowest BCUT2D eigenvalue weighted by Crippen LogP contribution is -2.36. The van der Waals surface area contributed by atoms with Crippen LogP contribution in [0.2, 0.25) is 0 Å². The minimum atomic E-state index is -0.517. The van der Waals surface area contributed by atoms with E-state index < -0.39 is 17.6 Å². The van der Waals surface area contributed by atoms with E-state index in [9.17, 15) is 14.0 Å². The van der Waals surface area contributed by atoms with Crippen LogP contribution in [-0.4, -0.2) is 11.8 Å². The van der Waals surface area contributed by atoms with Gasteiger partial charge in [0.15, 0.2) is 0 Å². The minimum absolute atomic E-state index is 0.283. The number of fused-ring (bicyclic) bond motifs is 1. The lowest BCUT2D eigenvalue weighted by atomic mass is 9.93. The van der Waals surface area contributed by atoms with Gasteiger partial charge in [0.1, 0.15) is 5.82 Å². The molecule has 20 heavy (non-hydrogen) atoms. The molecule has 3 nitrogen and oxygen atoms in total. The molecule has 0 saturated heterocycles. The second-order valence-electron chi connectivity index (χ2n) is 4.41. The Kier molecular flexibility index (Phi) is 2.91. The number of hydrogen-bond acceptors (Lipinski definition) is 2. The third-order valence-electron chi connectivity index (χ3n) is 3.14. The first-order valence-electron chi connectivity index (χ1n) is 6.08. The predicted octanol–water partition coefficient (Wildman–Crippen LogP) is 2.64. The van der Waals surface area contributed by atoms with Crippen LogP contribution in [0, 0.1) is 5.82 Å². The molecule has 0 aromatic heterocycles. The molecule has 1 aliphatic heterocycles. The lowest BCUT2D eigenvalue weighted by Gasteiger charge is -2.18. The highest BCUT2D eigenvalue weighted by Crippen LogP contribution is 2.26. The van der Waals surface area contributed by atoms with Crippen LogP contribution in [0.5, 0.6) is 0 Å². The van der Waals surface area contributed by atoms with Crippen LogP contribution < -0.4 is 5.32 Å². The quantitative estimate of drug-likeness (QED) is 0.637. The number of carbonyl (C=O) groups excluding carboxylic acids is 2. The number of imide groups is 1. The van der Waals surface area contributed by atoms with E-state index in [4.69, 9.17) is 0 Å². The molecule has 0 radical (unpaired) electrons. The zero-order chi connectivity index (χ0) is 14.1. The molecule has 0 bridgehead atoms. The van der Waals surface area contributed by atoms with Crippen molar-refractivity contribution in [2.75, 3.05) is 0 Å². The SMILES string of the molecule is O=C1NC(=O)c2ccccc2/C1=C\c1ccccc1F. The number of amides is 2. The third-order valence-corrected chi connectivity index (χ3v) is 3.14. The fourth-order valence-electron chi connectivity index (χ4n) is 2.17. The van der Waals surface area contributed by atoms with E-state index in [1.807, 2.05) is 0 Å². The van der Waals surface area contributed by atoms with Gasteiger partial charge in [-0.1, -0.05) is 36.4 Å². The highest BCUT2D eigenvalue weighted by molar-refractivity contribution is 6.33. The van der Waals surface area contributed by atoms with Crippen LogP contribution in [0.15, 0.2) is 48.5 Å². The van der Waals surface area contributed by atoms with Crippen molar-refractivity contribution in [3.63, 3.8) is 0 Å². The topological polar surface area (TPSA) is 46.2 Å². The van der Waals surface area contributed by atoms with Gasteiger partial charge in [0.05, 0.1) is 0 Å². The van der Waals surface area contributed by atoms with Gasteiger partial charge in [0.25, 0.3) is 11.8 Å². The van der Waals surface area contributed by atoms with Gasteiger partial charge in [0.2, 0.25) is 0 Å². The number of benzene rings is 2. The Morgan fingerprint density at radius 2 is 1.50 bits per heavy atom. The van der Waals surface area contributed by atoms with E-state index in [-0.39, 0.29) is 5.57 Å². The van der Waals surface area contributed by atoms with Crippen molar-refractivity contribution in [2.24, 2.45) is 0 Å². The molecule has 4 heteroatoms. The molecule has 1 aliphatic rings. The summed E-state index contributed by atoms with van der Waals surface area (Å²) in [7, 11) is 0. The van der Waals surface area contributed by atoms with Gasteiger partial charge in [-0.15, -0.1) is 0 Å². The highest BCUT2D eigenvalue weighted by Gasteiger charge is 2.26. The molecular formula is C16H10FNO2. The van der Waals surface area contributed by atoms with Crippen LogP contribution >= 0.6 is 0 Å². The van der Waals surface area contributed by atoms with Crippen molar-refractivity contribution in [1.29, 1.82) is 0 Å². The summed E-state index contributed by atoms with van der Waals surface area (Å²) in [5.41, 5.74) is 1.52. The smallest absolute Gasteiger partial charge is 0.258 e. The first kappa shape index (κ1) is 12.3. The van der Waals surface area contributed by atoms with Gasteiger partial charge in [-0.3, -0.25) is 14.9 Å². The lowest BCUT2D eigenvalue weighted by molar-refractivity contribution is -0.114. The number of halogens is 1. The summed E-state index contributed by atoms with van der Waals surface area (Å²) < 4.78 is 13.7. The van der Waals surface area contributed by atoms with Crippen molar-refractivity contribution in [3.8, 4) is 0 Å². The molecule has 2 aromatic carbocycles. The van der Waals surface area contributed by atoms with E-state index in [1.54, 1.807) is 42.5 Å². The van der Waals surface area contributed by atoms with E-state index in [0.29, 0.717) is 16.7 Å². The molecule has 1 heterocycles. The van der Waals surface area contributed by atoms with Crippen LogP contribution in [-0.2, 0) is 4.79 Å². The molecule has 0 fully saturated rings.